The van der Waals surface area contributed by atoms with E-state index in [0.29, 0.717) is 10.5 Å². The molecule has 0 bridgehead atoms. The Kier molecular flexibility index (Phi) is 4.58. The second-order valence-corrected chi connectivity index (χ2v) is 6.96. The summed E-state index contributed by atoms with van der Waals surface area (Å²) in [7, 11) is 0. The van der Waals surface area contributed by atoms with Crippen LogP contribution in [0.5, 0.6) is 0 Å². The Hall–Kier alpha value is -2.33. The first-order valence-corrected chi connectivity index (χ1v) is 8.83. The zero-order valence-electron chi connectivity index (χ0n) is 14.2. The standard InChI is InChI=1S/C20H20N2OS/c1-13(2)12-24-20-21-17-10-6-5-9-16(17)19(23)22(20)18-11-7-8-14(3)15(18)4/h5-11H,1,12H2,2-4H3. The highest BCUT2D eigenvalue weighted by atomic mass is 32.2. The third-order valence-corrected chi connectivity index (χ3v) is 5.18. The van der Waals surface area contributed by atoms with Gasteiger partial charge in [0.25, 0.3) is 5.56 Å². The van der Waals surface area contributed by atoms with Crippen molar-refractivity contribution in [2.75, 3.05) is 5.75 Å². The van der Waals surface area contributed by atoms with E-state index in [0.717, 1.165) is 33.7 Å². The second kappa shape index (κ2) is 6.65. The highest BCUT2D eigenvalue weighted by molar-refractivity contribution is 7.99. The Morgan fingerprint density at radius 2 is 1.92 bits per heavy atom. The van der Waals surface area contributed by atoms with Gasteiger partial charge in [-0.15, -0.1) is 0 Å². The fraction of sp³-hybridized carbons (Fsp3) is 0.200. The van der Waals surface area contributed by atoms with E-state index in [1.807, 2.05) is 50.2 Å². The predicted molar refractivity (Wildman–Crippen MR) is 102 cm³/mol. The molecule has 0 saturated heterocycles. The van der Waals surface area contributed by atoms with Crippen molar-refractivity contribution in [3.05, 3.63) is 76.1 Å². The molecule has 2 aromatic carbocycles. The van der Waals surface area contributed by atoms with Crippen LogP contribution in [-0.2, 0) is 0 Å². The summed E-state index contributed by atoms with van der Waals surface area (Å²) < 4.78 is 1.73. The van der Waals surface area contributed by atoms with Gasteiger partial charge in [0.05, 0.1) is 16.6 Å². The van der Waals surface area contributed by atoms with Gasteiger partial charge in [-0.25, -0.2) is 4.98 Å². The lowest BCUT2D eigenvalue weighted by molar-refractivity contribution is 0.814. The highest BCUT2D eigenvalue weighted by Crippen LogP contribution is 2.25. The van der Waals surface area contributed by atoms with Crippen LogP contribution in [0, 0.1) is 13.8 Å². The lowest BCUT2D eigenvalue weighted by atomic mass is 10.1. The molecule has 0 N–H and O–H groups in total. The third-order valence-electron chi connectivity index (χ3n) is 4.01. The molecule has 0 amide bonds. The molecule has 0 spiro atoms. The van der Waals surface area contributed by atoms with Gasteiger partial charge in [-0.05, 0) is 50.1 Å². The molecule has 0 fully saturated rings. The van der Waals surface area contributed by atoms with E-state index in [-0.39, 0.29) is 5.56 Å². The van der Waals surface area contributed by atoms with E-state index < -0.39 is 0 Å². The minimum Gasteiger partial charge on any atom is -0.268 e. The van der Waals surface area contributed by atoms with Crippen LogP contribution in [-0.4, -0.2) is 15.3 Å². The number of aromatic nitrogens is 2. The highest BCUT2D eigenvalue weighted by Gasteiger charge is 2.15. The molecular weight excluding hydrogens is 316 g/mol. The third kappa shape index (κ3) is 3.02. The van der Waals surface area contributed by atoms with Crippen LogP contribution in [0.4, 0.5) is 0 Å². The van der Waals surface area contributed by atoms with Crippen LogP contribution in [0.1, 0.15) is 18.1 Å². The zero-order chi connectivity index (χ0) is 17.3. The first-order valence-electron chi connectivity index (χ1n) is 7.84. The topological polar surface area (TPSA) is 34.9 Å². The molecule has 0 aliphatic rings. The number of para-hydroxylation sites is 1. The molecule has 3 rings (SSSR count). The molecule has 4 heteroatoms. The van der Waals surface area contributed by atoms with Gasteiger partial charge >= 0.3 is 0 Å². The van der Waals surface area contributed by atoms with Gasteiger partial charge in [-0.2, -0.15) is 0 Å². The predicted octanol–water partition coefficient (Wildman–Crippen LogP) is 4.67. The SMILES string of the molecule is C=C(C)CSc1nc2ccccc2c(=O)n1-c1cccc(C)c1C. The monoisotopic (exact) mass is 336 g/mol. The number of hydrogen-bond donors (Lipinski definition) is 0. The first-order chi connectivity index (χ1) is 11.5. The Morgan fingerprint density at radius 3 is 2.67 bits per heavy atom. The van der Waals surface area contributed by atoms with Crippen LogP contribution in [0.15, 0.2) is 64.6 Å². The van der Waals surface area contributed by atoms with Crippen LogP contribution < -0.4 is 5.56 Å². The number of aryl methyl sites for hydroxylation is 1. The lowest BCUT2D eigenvalue weighted by Gasteiger charge is -2.16. The average Bonchev–Trinajstić information content (AvgIpc) is 2.56. The molecular formula is C20H20N2OS. The molecule has 122 valence electrons. The van der Waals surface area contributed by atoms with Crippen molar-refractivity contribution < 1.29 is 0 Å². The Balaban J connectivity index is 2.33. The summed E-state index contributed by atoms with van der Waals surface area (Å²) >= 11 is 1.55. The molecule has 1 aromatic heterocycles. The molecule has 0 radical (unpaired) electrons. The fourth-order valence-electron chi connectivity index (χ4n) is 2.59. The fourth-order valence-corrected chi connectivity index (χ4v) is 3.44. The van der Waals surface area contributed by atoms with E-state index in [2.05, 4.69) is 19.6 Å². The van der Waals surface area contributed by atoms with Crippen LogP contribution in [0.25, 0.3) is 16.6 Å². The van der Waals surface area contributed by atoms with Crippen molar-refractivity contribution in [1.29, 1.82) is 0 Å². The summed E-state index contributed by atoms with van der Waals surface area (Å²) in [5.74, 6) is 0.732. The molecule has 0 unspecified atom stereocenters. The summed E-state index contributed by atoms with van der Waals surface area (Å²) in [6.07, 6.45) is 0. The summed E-state index contributed by atoms with van der Waals surface area (Å²) in [4.78, 5) is 17.9. The summed E-state index contributed by atoms with van der Waals surface area (Å²) in [5.41, 5.74) is 4.89. The van der Waals surface area contributed by atoms with Crippen molar-refractivity contribution in [2.24, 2.45) is 0 Å². The first kappa shape index (κ1) is 16.5. The van der Waals surface area contributed by atoms with Gasteiger partial charge in [0.2, 0.25) is 0 Å². The Bertz CT molecular complexity index is 989. The zero-order valence-corrected chi connectivity index (χ0v) is 15.0. The number of hydrogen-bond acceptors (Lipinski definition) is 3. The van der Waals surface area contributed by atoms with Gasteiger partial charge < -0.3 is 0 Å². The van der Waals surface area contributed by atoms with Gasteiger partial charge in [-0.3, -0.25) is 9.36 Å². The van der Waals surface area contributed by atoms with Gasteiger partial charge in [0.15, 0.2) is 5.16 Å². The van der Waals surface area contributed by atoms with Crippen molar-refractivity contribution in [3.63, 3.8) is 0 Å². The number of rotatable bonds is 4. The van der Waals surface area contributed by atoms with E-state index in [1.54, 1.807) is 16.3 Å². The number of fused-ring (bicyclic) bond motifs is 1. The summed E-state index contributed by atoms with van der Waals surface area (Å²) in [6, 6.07) is 13.5. The van der Waals surface area contributed by atoms with Crippen molar-refractivity contribution in [2.45, 2.75) is 25.9 Å². The molecule has 0 atom stereocenters. The van der Waals surface area contributed by atoms with E-state index in [9.17, 15) is 4.79 Å². The Labute approximate surface area is 146 Å². The average molecular weight is 336 g/mol. The second-order valence-electron chi connectivity index (χ2n) is 6.02. The van der Waals surface area contributed by atoms with Crippen molar-refractivity contribution in [3.8, 4) is 5.69 Å². The molecule has 3 aromatic rings. The van der Waals surface area contributed by atoms with Gasteiger partial charge in [0.1, 0.15) is 0 Å². The molecule has 0 aliphatic carbocycles. The normalized spacial score (nSPS) is 11.0. The summed E-state index contributed by atoms with van der Waals surface area (Å²) in [6.45, 7) is 10.0. The van der Waals surface area contributed by atoms with Crippen LogP contribution in [0.2, 0.25) is 0 Å². The van der Waals surface area contributed by atoms with Crippen LogP contribution in [0.3, 0.4) is 0 Å². The molecule has 0 saturated carbocycles. The number of thioether (sulfide) groups is 1. The Morgan fingerprint density at radius 1 is 1.17 bits per heavy atom. The lowest BCUT2D eigenvalue weighted by Crippen LogP contribution is -2.22. The van der Waals surface area contributed by atoms with Crippen molar-refractivity contribution in [1.82, 2.24) is 9.55 Å². The van der Waals surface area contributed by atoms with E-state index >= 15 is 0 Å². The number of nitrogens with zero attached hydrogens (tertiary/aromatic N) is 2. The largest absolute Gasteiger partial charge is 0.268 e. The molecule has 0 aliphatic heterocycles. The molecule has 24 heavy (non-hydrogen) atoms. The van der Waals surface area contributed by atoms with Gasteiger partial charge in [-0.1, -0.05) is 48.2 Å². The number of benzene rings is 2. The van der Waals surface area contributed by atoms with E-state index in [1.165, 1.54) is 0 Å². The van der Waals surface area contributed by atoms with Crippen LogP contribution >= 0.6 is 11.8 Å². The molecule has 3 nitrogen and oxygen atoms in total. The maximum Gasteiger partial charge on any atom is 0.266 e. The quantitative estimate of drug-likeness (QED) is 0.394. The minimum absolute atomic E-state index is 0.0292. The van der Waals surface area contributed by atoms with Gasteiger partial charge in [0, 0.05) is 5.75 Å². The van der Waals surface area contributed by atoms with Crippen molar-refractivity contribution >= 4 is 22.7 Å². The van der Waals surface area contributed by atoms with E-state index in [4.69, 9.17) is 4.98 Å². The minimum atomic E-state index is -0.0292. The molecule has 1 heterocycles. The smallest absolute Gasteiger partial charge is 0.266 e. The summed E-state index contributed by atoms with van der Waals surface area (Å²) in [5, 5.41) is 1.34. The maximum atomic E-state index is 13.1. The maximum absolute atomic E-state index is 13.1.